The molecule has 0 amide bonds. The van der Waals surface area contributed by atoms with Crippen LogP contribution in [0.1, 0.15) is 53.9 Å². The van der Waals surface area contributed by atoms with Crippen LogP contribution in [0.2, 0.25) is 0 Å². The van der Waals surface area contributed by atoms with E-state index in [1.807, 2.05) is 0 Å². The number of hydrogen-bond acceptors (Lipinski definition) is 3. The number of hydrogen-bond donors (Lipinski definition) is 2. The van der Waals surface area contributed by atoms with Gasteiger partial charge in [0.05, 0.1) is 0 Å². The molecule has 0 bridgehead atoms. The first kappa shape index (κ1) is 17.9. The Labute approximate surface area is 126 Å². The molecule has 1 heterocycles. The largest absolute Gasteiger partial charge is 0.396 e. The van der Waals surface area contributed by atoms with Gasteiger partial charge in [-0.15, -0.1) is 0 Å². The van der Waals surface area contributed by atoms with E-state index in [1.165, 1.54) is 32.5 Å². The Bertz CT molecular complexity index is 260. The van der Waals surface area contributed by atoms with Gasteiger partial charge < -0.3 is 15.3 Å². The third kappa shape index (κ3) is 7.61. The summed E-state index contributed by atoms with van der Waals surface area (Å²) in [6, 6.07) is 0.599. The van der Waals surface area contributed by atoms with Crippen LogP contribution in [0.15, 0.2) is 0 Å². The number of aliphatic hydroxyl groups is 1. The Hall–Kier alpha value is -0.120. The van der Waals surface area contributed by atoms with Gasteiger partial charge in [-0.3, -0.25) is 0 Å². The van der Waals surface area contributed by atoms with E-state index in [0.717, 1.165) is 24.8 Å². The minimum absolute atomic E-state index is 0.293. The third-order valence-corrected chi connectivity index (χ3v) is 3.91. The molecule has 0 aromatic carbocycles. The van der Waals surface area contributed by atoms with Gasteiger partial charge in [-0.05, 0) is 43.1 Å². The van der Waals surface area contributed by atoms with E-state index in [2.05, 4.69) is 44.8 Å². The Morgan fingerprint density at radius 3 is 2.50 bits per heavy atom. The highest BCUT2D eigenvalue weighted by atomic mass is 16.3. The maximum atomic E-state index is 8.92. The molecule has 20 heavy (non-hydrogen) atoms. The lowest BCUT2D eigenvalue weighted by atomic mass is 9.80. The van der Waals surface area contributed by atoms with E-state index in [-0.39, 0.29) is 0 Å². The molecule has 120 valence electrons. The first-order valence-electron chi connectivity index (χ1n) is 8.36. The van der Waals surface area contributed by atoms with Gasteiger partial charge in [0.15, 0.2) is 0 Å². The minimum Gasteiger partial charge on any atom is -0.396 e. The van der Waals surface area contributed by atoms with Crippen LogP contribution in [0.25, 0.3) is 0 Å². The van der Waals surface area contributed by atoms with Crippen molar-refractivity contribution in [2.75, 3.05) is 32.8 Å². The fourth-order valence-electron chi connectivity index (χ4n) is 3.52. The Balaban J connectivity index is 2.52. The summed E-state index contributed by atoms with van der Waals surface area (Å²) >= 11 is 0. The van der Waals surface area contributed by atoms with E-state index < -0.39 is 0 Å². The fraction of sp³-hybridized carbons (Fsp3) is 1.00. The van der Waals surface area contributed by atoms with Gasteiger partial charge in [-0.1, -0.05) is 34.6 Å². The molecule has 0 radical (unpaired) electrons. The van der Waals surface area contributed by atoms with E-state index in [9.17, 15) is 0 Å². The molecular formula is C17H36N2O. The summed E-state index contributed by atoms with van der Waals surface area (Å²) in [6.45, 7) is 16.5. The second-order valence-electron chi connectivity index (χ2n) is 8.21. The van der Waals surface area contributed by atoms with Crippen LogP contribution in [-0.4, -0.2) is 48.8 Å². The van der Waals surface area contributed by atoms with Crippen LogP contribution >= 0.6 is 0 Å². The van der Waals surface area contributed by atoms with Crippen molar-refractivity contribution in [1.82, 2.24) is 10.2 Å². The average Bonchev–Trinajstić information content (AvgIpc) is 2.25. The van der Waals surface area contributed by atoms with Crippen molar-refractivity contribution in [3.05, 3.63) is 0 Å². The minimum atomic E-state index is 0.293. The maximum absolute atomic E-state index is 8.92. The molecule has 2 N–H and O–H groups in total. The second kappa shape index (κ2) is 8.35. The highest BCUT2D eigenvalue weighted by Gasteiger charge is 2.29. The predicted octanol–water partition coefficient (Wildman–Crippen LogP) is 2.74. The van der Waals surface area contributed by atoms with Crippen LogP contribution in [-0.2, 0) is 0 Å². The van der Waals surface area contributed by atoms with E-state index >= 15 is 0 Å². The van der Waals surface area contributed by atoms with Gasteiger partial charge in [0, 0.05) is 32.3 Å². The number of rotatable bonds is 7. The molecule has 0 saturated carbocycles. The van der Waals surface area contributed by atoms with Crippen molar-refractivity contribution in [2.24, 2.45) is 17.3 Å². The number of piperidine rings is 1. The van der Waals surface area contributed by atoms with Gasteiger partial charge in [0.25, 0.3) is 0 Å². The van der Waals surface area contributed by atoms with Gasteiger partial charge in [0.2, 0.25) is 0 Å². The molecule has 1 rings (SSSR count). The number of nitrogens with one attached hydrogen (secondary N) is 1. The van der Waals surface area contributed by atoms with Crippen molar-refractivity contribution in [3.63, 3.8) is 0 Å². The zero-order valence-electron chi connectivity index (χ0n) is 14.3. The predicted molar refractivity (Wildman–Crippen MR) is 87.0 cm³/mol. The summed E-state index contributed by atoms with van der Waals surface area (Å²) in [6.07, 6.45) is 3.46. The summed E-state index contributed by atoms with van der Waals surface area (Å²) in [5, 5.41) is 12.6. The maximum Gasteiger partial charge on any atom is 0.0443 e. The van der Waals surface area contributed by atoms with Crippen molar-refractivity contribution in [1.29, 1.82) is 0 Å². The van der Waals surface area contributed by atoms with E-state index in [1.54, 1.807) is 0 Å². The molecule has 3 heteroatoms. The van der Waals surface area contributed by atoms with Crippen LogP contribution in [0.4, 0.5) is 0 Å². The van der Waals surface area contributed by atoms with Crippen LogP contribution in [0, 0.1) is 17.3 Å². The highest BCUT2D eigenvalue weighted by molar-refractivity contribution is 4.86. The molecule has 0 aromatic rings. The molecule has 3 nitrogen and oxygen atoms in total. The average molecular weight is 284 g/mol. The summed E-state index contributed by atoms with van der Waals surface area (Å²) in [5.74, 6) is 1.54. The molecule has 0 spiro atoms. The van der Waals surface area contributed by atoms with E-state index in [0.29, 0.717) is 18.1 Å². The van der Waals surface area contributed by atoms with Crippen LogP contribution in [0.5, 0.6) is 0 Å². The number of aliphatic hydroxyl groups excluding tert-OH is 1. The van der Waals surface area contributed by atoms with Crippen molar-refractivity contribution in [2.45, 2.75) is 59.9 Å². The number of likely N-dealkylation sites (tertiary alicyclic amines) is 1. The first-order chi connectivity index (χ1) is 9.30. The third-order valence-electron chi connectivity index (χ3n) is 3.91. The Kier molecular flexibility index (Phi) is 7.49. The molecule has 2 unspecified atom stereocenters. The van der Waals surface area contributed by atoms with Crippen molar-refractivity contribution < 1.29 is 5.11 Å². The van der Waals surface area contributed by atoms with Crippen LogP contribution < -0.4 is 5.32 Å². The Morgan fingerprint density at radius 2 is 1.95 bits per heavy atom. The summed E-state index contributed by atoms with van der Waals surface area (Å²) < 4.78 is 0. The zero-order valence-corrected chi connectivity index (χ0v) is 14.3. The van der Waals surface area contributed by atoms with Crippen molar-refractivity contribution >= 4 is 0 Å². The normalized spacial score (nSPS) is 25.4. The van der Waals surface area contributed by atoms with Gasteiger partial charge in [-0.25, -0.2) is 0 Å². The molecule has 1 aliphatic heterocycles. The molecule has 1 saturated heterocycles. The first-order valence-corrected chi connectivity index (χ1v) is 8.36. The molecule has 1 aliphatic rings. The Morgan fingerprint density at radius 1 is 1.25 bits per heavy atom. The highest BCUT2D eigenvalue weighted by Crippen LogP contribution is 2.30. The molecular weight excluding hydrogens is 248 g/mol. The molecule has 1 fully saturated rings. The lowest BCUT2D eigenvalue weighted by Gasteiger charge is -2.41. The fourth-order valence-corrected chi connectivity index (χ4v) is 3.52. The summed E-state index contributed by atoms with van der Waals surface area (Å²) in [7, 11) is 0. The van der Waals surface area contributed by atoms with Gasteiger partial charge in [0.1, 0.15) is 0 Å². The summed E-state index contributed by atoms with van der Waals surface area (Å²) in [5.41, 5.74) is 0.418. The van der Waals surface area contributed by atoms with Crippen LogP contribution in [0.3, 0.4) is 0 Å². The topological polar surface area (TPSA) is 35.5 Å². The standard InChI is InChI=1S/C17H36N2O/c1-14(2)11-19-12-15(10-17(3,4)5)9-16(13-19)18-7-6-8-20/h14-16,18,20H,6-13H2,1-5H3. The quantitative estimate of drug-likeness (QED) is 0.706. The SMILES string of the molecule is CC(C)CN1CC(CC(C)(C)C)CC(NCCCO)C1. The molecule has 0 aromatic heterocycles. The van der Waals surface area contributed by atoms with Gasteiger partial charge in [-0.2, -0.15) is 0 Å². The lowest BCUT2D eigenvalue weighted by molar-refractivity contribution is 0.103. The molecule has 2 atom stereocenters. The summed E-state index contributed by atoms with van der Waals surface area (Å²) in [4.78, 5) is 2.64. The lowest BCUT2D eigenvalue weighted by Crippen LogP contribution is -2.50. The smallest absolute Gasteiger partial charge is 0.0443 e. The van der Waals surface area contributed by atoms with Crippen molar-refractivity contribution in [3.8, 4) is 0 Å². The van der Waals surface area contributed by atoms with Gasteiger partial charge >= 0.3 is 0 Å². The molecule has 0 aliphatic carbocycles. The second-order valence-corrected chi connectivity index (χ2v) is 8.21. The zero-order chi connectivity index (χ0) is 15.2. The monoisotopic (exact) mass is 284 g/mol. The number of nitrogens with zero attached hydrogens (tertiary/aromatic N) is 1. The van der Waals surface area contributed by atoms with E-state index in [4.69, 9.17) is 5.11 Å².